The van der Waals surface area contributed by atoms with Gasteiger partial charge in [-0.25, -0.2) is 0 Å². The van der Waals surface area contributed by atoms with E-state index in [0.717, 1.165) is 0 Å². The standard InChI is InChI=1S/C27H29NO10.ClH/c1-10-22(30)14(28)7-17(37-10)38-16-9-27(35,11(2)29)8-13-19(16)26(34)21-20(24(13)32)23(31)12-5-4-6-15(36-3)18(12)25(21)33;/h4-6,10,14,16-17,22,30,32,34-35H,7-9,28H2,1-3H3;1H/t10-,14-,16+,17+,22+,27+;/m1./s1. The van der Waals surface area contributed by atoms with Crippen LogP contribution in [-0.2, 0) is 20.7 Å². The zero-order valence-corrected chi connectivity index (χ0v) is 22.3. The van der Waals surface area contributed by atoms with Crippen LogP contribution in [-0.4, -0.2) is 75.0 Å². The van der Waals surface area contributed by atoms with E-state index in [9.17, 15) is 34.8 Å². The van der Waals surface area contributed by atoms with E-state index in [2.05, 4.69) is 0 Å². The first-order chi connectivity index (χ1) is 17.9. The number of phenolic OH excluding ortho intramolecular Hbond substituents is 2. The Labute approximate surface area is 229 Å². The molecule has 0 spiro atoms. The van der Waals surface area contributed by atoms with Crippen molar-refractivity contribution in [1.29, 1.82) is 0 Å². The molecule has 1 aliphatic heterocycles. The molecule has 11 nitrogen and oxygen atoms in total. The summed E-state index contributed by atoms with van der Waals surface area (Å²) in [7, 11) is 1.34. The highest BCUT2D eigenvalue weighted by Gasteiger charge is 2.49. The second-order valence-corrected chi connectivity index (χ2v) is 10.1. The molecule has 0 amide bonds. The molecule has 5 rings (SSSR count). The minimum Gasteiger partial charge on any atom is -0.507 e. The third-order valence-corrected chi connectivity index (χ3v) is 7.80. The van der Waals surface area contributed by atoms with Gasteiger partial charge in [0.25, 0.3) is 0 Å². The number of ketones is 3. The Balaban J connectivity index is 0.00000353. The lowest BCUT2D eigenvalue weighted by Crippen LogP contribution is -2.52. The summed E-state index contributed by atoms with van der Waals surface area (Å²) in [6, 6.07) is 3.75. The van der Waals surface area contributed by atoms with Gasteiger partial charge in [0.15, 0.2) is 17.9 Å². The van der Waals surface area contributed by atoms with E-state index in [1.165, 1.54) is 32.2 Å². The number of rotatable bonds is 4. The summed E-state index contributed by atoms with van der Waals surface area (Å²) >= 11 is 0. The number of hydrogen-bond acceptors (Lipinski definition) is 11. The fraction of sp³-hybridized carbons (Fsp3) is 0.444. The highest BCUT2D eigenvalue weighted by molar-refractivity contribution is 6.31. The van der Waals surface area contributed by atoms with Gasteiger partial charge < -0.3 is 40.4 Å². The molecule has 2 aromatic rings. The first-order valence-corrected chi connectivity index (χ1v) is 12.2. The van der Waals surface area contributed by atoms with Crippen LogP contribution in [0.3, 0.4) is 0 Å². The van der Waals surface area contributed by atoms with Crippen molar-refractivity contribution < 1.29 is 49.0 Å². The topological polar surface area (TPSA) is 186 Å². The van der Waals surface area contributed by atoms with Crippen molar-refractivity contribution >= 4 is 29.8 Å². The van der Waals surface area contributed by atoms with E-state index >= 15 is 0 Å². The van der Waals surface area contributed by atoms with E-state index in [0.29, 0.717) is 0 Å². The van der Waals surface area contributed by atoms with Crippen molar-refractivity contribution in [3.8, 4) is 17.2 Å². The molecular weight excluding hydrogens is 534 g/mol. The lowest BCUT2D eigenvalue weighted by molar-refractivity contribution is -0.247. The van der Waals surface area contributed by atoms with E-state index < -0.39 is 82.6 Å². The van der Waals surface area contributed by atoms with Crippen molar-refractivity contribution in [2.24, 2.45) is 5.73 Å². The zero-order chi connectivity index (χ0) is 27.7. The predicted octanol–water partition coefficient (Wildman–Crippen LogP) is 1.45. The number of halogens is 1. The van der Waals surface area contributed by atoms with Crippen LogP contribution >= 0.6 is 12.4 Å². The second-order valence-electron chi connectivity index (χ2n) is 10.1. The number of aliphatic hydroxyl groups excluding tert-OH is 1. The minimum absolute atomic E-state index is 0. The van der Waals surface area contributed by atoms with Crippen molar-refractivity contribution in [2.45, 2.75) is 69.4 Å². The molecule has 2 aromatic carbocycles. The van der Waals surface area contributed by atoms with Crippen molar-refractivity contribution in [2.75, 3.05) is 7.11 Å². The molecule has 210 valence electrons. The lowest BCUT2D eigenvalue weighted by Gasteiger charge is -2.42. The van der Waals surface area contributed by atoms with Crippen LogP contribution in [0.15, 0.2) is 18.2 Å². The van der Waals surface area contributed by atoms with Gasteiger partial charge >= 0.3 is 0 Å². The van der Waals surface area contributed by atoms with Gasteiger partial charge in [0.05, 0.1) is 42.1 Å². The number of aliphatic hydroxyl groups is 2. The average Bonchev–Trinajstić information content (AvgIpc) is 2.87. The molecule has 6 atom stereocenters. The summed E-state index contributed by atoms with van der Waals surface area (Å²) in [5, 5.41) is 44.1. The molecule has 0 unspecified atom stereocenters. The average molecular weight is 564 g/mol. The highest BCUT2D eigenvalue weighted by Crippen LogP contribution is 2.52. The van der Waals surface area contributed by atoms with Gasteiger partial charge in [0.1, 0.15) is 22.8 Å². The van der Waals surface area contributed by atoms with Crippen molar-refractivity contribution in [3.05, 3.63) is 51.6 Å². The summed E-state index contributed by atoms with van der Waals surface area (Å²) in [5.41, 5.74) is 2.97. The minimum atomic E-state index is -2.00. The molecule has 1 saturated heterocycles. The van der Waals surface area contributed by atoms with Gasteiger partial charge in [-0.2, -0.15) is 0 Å². The smallest absolute Gasteiger partial charge is 0.202 e. The largest absolute Gasteiger partial charge is 0.507 e. The Morgan fingerprint density at radius 1 is 1.13 bits per heavy atom. The summed E-state index contributed by atoms with van der Waals surface area (Å²) in [4.78, 5) is 39.6. The molecule has 12 heteroatoms. The number of ether oxygens (including phenoxy) is 3. The van der Waals surface area contributed by atoms with Gasteiger partial charge in [0.2, 0.25) is 5.78 Å². The Morgan fingerprint density at radius 3 is 2.41 bits per heavy atom. The van der Waals surface area contributed by atoms with E-state index in [4.69, 9.17) is 19.9 Å². The summed E-state index contributed by atoms with van der Waals surface area (Å²) in [6.07, 6.45) is -4.53. The van der Waals surface area contributed by atoms with Gasteiger partial charge in [0, 0.05) is 42.0 Å². The number of hydrogen-bond donors (Lipinski definition) is 5. The predicted molar refractivity (Wildman–Crippen MR) is 138 cm³/mol. The Hall–Kier alpha value is -3.06. The van der Waals surface area contributed by atoms with E-state index in [1.807, 2.05) is 0 Å². The first-order valence-electron chi connectivity index (χ1n) is 12.2. The van der Waals surface area contributed by atoms with Gasteiger partial charge in [-0.1, -0.05) is 12.1 Å². The molecule has 0 saturated carbocycles. The SMILES string of the molecule is COc1cccc2c1C(=O)c1c(O)c3c(c(O)c1C2=O)C[C@@](O)(C(C)=O)C[C@@H]3O[C@H]1C[C@@H](N)[C@@H](O)[C@@H](C)O1.Cl. The monoisotopic (exact) mass is 563 g/mol. The number of fused-ring (bicyclic) bond motifs is 3. The van der Waals surface area contributed by atoms with Crippen LogP contribution in [0.2, 0.25) is 0 Å². The Kier molecular flexibility index (Phi) is 7.54. The fourth-order valence-electron chi connectivity index (χ4n) is 5.66. The van der Waals surface area contributed by atoms with Gasteiger partial charge in [-0.3, -0.25) is 14.4 Å². The van der Waals surface area contributed by atoms with Crippen LogP contribution < -0.4 is 10.5 Å². The molecule has 1 fully saturated rings. The molecule has 1 heterocycles. The summed E-state index contributed by atoms with van der Waals surface area (Å²) < 4.78 is 17.1. The molecule has 0 aromatic heterocycles. The molecule has 2 aliphatic carbocycles. The van der Waals surface area contributed by atoms with Gasteiger partial charge in [-0.05, 0) is 19.9 Å². The Bertz CT molecular complexity index is 1370. The number of carbonyl (C=O) groups is 3. The molecule has 3 aliphatic rings. The third kappa shape index (κ3) is 4.39. The maximum absolute atomic E-state index is 13.6. The molecule has 6 N–H and O–H groups in total. The number of nitrogens with two attached hydrogens (primary N) is 1. The number of methoxy groups -OCH3 is 1. The van der Waals surface area contributed by atoms with Crippen LogP contribution in [0.4, 0.5) is 0 Å². The molecule has 39 heavy (non-hydrogen) atoms. The van der Waals surface area contributed by atoms with Crippen LogP contribution in [0.5, 0.6) is 17.2 Å². The number of carbonyl (C=O) groups excluding carboxylic acids is 3. The Morgan fingerprint density at radius 2 is 1.79 bits per heavy atom. The molecule has 0 bridgehead atoms. The number of benzene rings is 2. The lowest BCUT2D eigenvalue weighted by atomic mass is 9.72. The maximum atomic E-state index is 13.6. The van der Waals surface area contributed by atoms with Crippen molar-refractivity contribution in [1.82, 2.24) is 0 Å². The normalized spacial score (nSPS) is 29.5. The number of Topliss-reactive ketones (excluding diaryl/α,β-unsaturated/α-hetero) is 1. The highest BCUT2D eigenvalue weighted by atomic mass is 35.5. The van der Waals surface area contributed by atoms with Crippen LogP contribution in [0.25, 0.3) is 0 Å². The second kappa shape index (κ2) is 10.2. The quantitative estimate of drug-likeness (QED) is 0.289. The molecule has 0 radical (unpaired) electrons. The number of aromatic hydroxyl groups is 2. The van der Waals surface area contributed by atoms with Crippen molar-refractivity contribution in [3.63, 3.8) is 0 Å². The van der Waals surface area contributed by atoms with Gasteiger partial charge in [-0.15, -0.1) is 12.4 Å². The van der Waals surface area contributed by atoms with Crippen LogP contribution in [0.1, 0.15) is 75.8 Å². The zero-order valence-electron chi connectivity index (χ0n) is 21.5. The van der Waals surface area contributed by atoms with E-state index in [1.54, 1.807) is 6.92 Å². The van der Waals surface area contributed by atoms with Crippen LogP contribution in [0, 0.1) is 0 Å². The number of phenols is 2. The van der Waals surface area contributed by atoms with E-state index in [-0.39, 0.29) is 53.3 Å². The first kappa shape index (κ1) is 28.9. The fourth-order valence-corrected chi connectivity index (χ4v) is 5.66. The third-order valence-electron chi connectivity index (χ3n) is 7.80. The summed E-state index contributed by atoms with van der Waals surface area (Å²) in [6.45, 7) is 2.79. The maximum Gasteiger partial charge on any atom is 0.202 e. The molecular formula is C27H30ClNO10. The summed E-state index contributed by atoms with van der Waals surface area (Å²) in [5.74, 6) is -3.18.